The normalized spacial score (nSPS) is 27.7. The second-order valence-corrected chi connectivity index (χ2v) is 8.11. The average molecular weight is 319 g/mol. The van der Waals surface area contributed by atoms with Crippen LogP contribution >= 0.6 is 0 Å². The number of rotatable bonds is 2. The van der Waals surface area contributed by atoms with Gasteiger partial charge in [-0.15, -0.1) is 0 Å². The standard InChI is InChI=1S/C19H31N2O2/c1-14-20(15-10-6-4-7-11-15)17(22)19(2,3)18(23)21(14)16-12-8-5-9-13-16/h15-16H,4-13H2,1-3H3/q+1. The Balaban J connectivity index is 2.00. The summed E-state index contributed by atoms with van der Waals surface area (Å²) in [7, 11) is 0. The van der Waals surface area contributed by atoms with Gasteiger partial charge in [0, 0.05) is 6.92 Å². The molecule has 3 rings (SSSR count). The quantitative estimate of drug-likeness (QED) is 0.577. The zero-order valence-corrected chi connectivity index (χ0v) is 14.9. The van der Waals surface area contributed by atoms with Gasteiger partial charge in [-0.25, -0.2) is 9.59 Å². The van der Waals surface area contributed by atoms with Gasteiger partial charge in [0.05, 0.1) is 0 Å². The maximum atomic E-state index is 13.1. The van der Waals surface area contributed by atoms with Gasteiger partial charge in [0.15, 0.2) is 5.41 Å². The maximum absolute atomic E-state index is 13.1. The Morgan fingerprint density at radius 3 is 2.00 bits per heavy atom. The summed E-state index contributed by atoms with van der Waals surface area (Å²) in [5.74, 6) is 0.927. The highest BCUT2D eigenvalue weighted by Gasteiger charge is 2.56. The van der Waals surface area contributed by atoms with Gasteiger partial charge in [-0.2, -0.15) is 9.48 Å². The van der Waals surface area contributed by atoms with E-state index in [0.29, 0.717) is 0 Å². The molecule has 4 nitrogen and oxygen atoms in total. The number of carbonyl (C=O) groups excluding carboxylic acids is 2. The van der Waals surface area contributed by atoms with Crippen LogP contribution in [0.4, 0.5) is 0 Å². The van der Waals surface area contributed by atoms with Crippen molar-refractivity contribution in [3.8, 4) is 0 Å². The molecule has 0 spiro atoms. The molecule has 3 aliphatic rings. The molecule has 128 valence electrons. The van der Waals surface area contributed by atoms with Gasteiger partial charge in [0.25, 0.3) is 5.84 Å². The zero-order valence-electron chi connectivity index (χ0n) is 14.9. The number of amidine groups is 1. The van der Waals surface area contributed by atoms with Crippen molar-refractivity contribution in [1.82, 2.24) is 4.90 Å². The molecule has 0 N–H and O–H groups in total. The van der Waals surface area contributed by atoms with Gasteiger partial charge in [-0.3, -0.25) is 0 Å². The minimum Gasteiger partial charge on any atom is -0.245 e. The minimum absolute atomic E-state index is 0.0129. The number of hydrogen-bond donors (Lipinski definition) is 0. The first-order chi connectivity index (χ1) is 10.9. The third-order valence-corrected chi connectivity index (χ3v) is 6.08. The van der Waals surface area contributed by atoms with E-state index in [1.54, 1.807) is 0 Å². The molecule has 2 aliphatic carbocycles. The van der Waals surface area contributed by atoms with E-state index in [1.807, 2.05) is 30.2 Å². The summed E-state index contributed by atoms with van der Waals surface area (Å²) < 4.78 is 2.00. The highest BCUT2D eigenvalue weighted by atomic mass is 16.2. The third kappa shape index (κ3) is 2.85. The molecule has 23 heavy (non-hydrogen) atoms. The fourth-order valence-electron chi connectivity index (χ4n) is 4.64. The van der Waals surface area contributed by atoms with E-state index in [9.17, 15) is 9.59 Å². The maximum Gasteiger partial charge on any atom is 0.327 e. The SMILES string of the molecule is CC1=[N+](C2CCCCC2)C(=O)C(C)(C)C(=O)N1C1CCCCC1. The largest absolute Gasteiger partial charge is 0.327 e. The summed E-state index contributed by atoms with van der Waals surface area (Å²) in [6.45, 7) is 5.62. The molecule has 2 amide bonds. The van der Waals surface area contributed by atoms with Crippen molar-refractivity contribution in [3.05, 3.63) is 0 Å². The molecule has 0 aromatic heterocycles. The van der Waals surface area contributed by atoms with Crippen LogP contribution in [0.3, 0.4) is 0 Å². The molecule has 4 heteroatoms. The van der Waals surface area contributed by atoms with Crippen LogP contribution in [0.5, 0.6) is 0 Å². The summed E-state index contributed by atoms with van der Waals surface area (Å²) in [6.07, 6.45) is 11.6. The first kappa shape index (κ1) is 16.7. The van der Waals surface area contributed by atoms with E-state index < -0.39 is 5.41 Å². The van der Waals surface area contributed by atoms with Crippen LogP contribution in [0.1, 0.15) is 85.0 Å². The summed E-state index contributed by atoms with van der Waals surface area (Å²) in [5.41, 5.74) is -0.922. The zero-order chi connectivity index (χ0) is 16.6. The predicted octanol–water partition coefficient (Wildman–Crippen LogP) is 3.48. The molecule has 0 aromatic rings. The molecule has 2 saturated carbocycles. The topological polar surface area (TPSA) is 40.4 Å². The van der Waals surface area contributed by atoms with Gasteiger partial charge in [-0.1, -0.05) is 12.8 Å². The lowest BCUT2D eigenvalue weighted by Crippen LogP contribution is -2.63. The third-order valence-electron chi connectivity index (χ3n) is 6.08. The second-order valence-electron chi connectivity index (χ2n) is 8.11. The summed E-state index contributed by atoms with van der Waals surface area (Å²) in [6, 6.07) is 0.574. The molecule has 0 bridgehead atoms. The van der Waals surface area contributed by atoms with Crippen molar-refractivity contribution < 1.29 is 14.2 Å². The second kappa shape index (κ2) is 6.37. The van der Waals surface area contributed by atoms with Gasteiger partial charge in [0.1, 0.15) is 12.1 Å². The fraction of sp³-hybridized carbons (Fsp3) is 0.842. The van der Waals surface area contributed by atoms with E-state index >= 15 is 0 Å². The summed E-state index contributed by atoms with van der Waals surface area (Å²) in [5, 5.41) is 0. The Kier molecular flexibility index (Phi) is 4.61. The Labute approximate surface area is 139 Å². The van der Waals surface area contributed by atoms with Crippen LogP contribution in [0.15, 0.2) is 0 Å². The molecule has 2 fully saturated rings. The predicted molar refractivity (Wildman–Crippen MR) is 90.3 cm³/mol. The molecular weight excluding hydrogens is 288 g/mol. The van der Waals surface area contributed by atoms with Crippen LogP contribution in [0.25, 0.3) is 0 Å². The number of amides is 2. The van der Waals surface area contributed by atoms with Crippen LogP contribution in [0, 0.1) is 5.41 Å². The fourth-order valence-corrected chi connectivity index (χ4v) is 4.64. The van der Waals surface area contributed by atoms with Crippen molar-refractivity contribution in [2.45, 2.75) is 97.1 Å². The van der Waals surface area contributed by atoms with Crippen molar-refractivity contribution in [2.75, 3.05) is 0 Å². The van der Waals surface area contributed by atoms with E-state index in [0.717, 1.165) is 31.5 Å². The molecule has 0 unspecified atom stereocenters. The lowest BCUT2D eigenvalue weighted by molar-refractivity contribution is -0.506. The molecular formula is C19H31N2O2+. The van der Waals surface area contributed by atoms with E-state index in [1.165, 1.54) is 38.5 Å². The van der Waals surface area contributed by atoms with Crippen molar-refractivity contribution in [1.29, 1.82) is 0 Å². The van der Waals surface area contributed by atoms with Gasteiger partial charge >= 0.3 is 11.8 Å². The van der Waals surface area contributed by atoms with Crippen LogP contribution in [-0.4, -0.2) is 39.2 Å². The van der Waals surface area contributed by atoms with Crippen LogP contribution in [-0.2, 0) is 9.59 Å². The highest BCUT2D eigenvalue weighted by Crippen LogP contribution is 2.34. The van der Waals surface area contributed by atoms with Crippen molar-refractivity contribution >= 4 is 17.6 Å². The number of nitrogens with zero attached hydrogens (tertiary/aromatic N) is 2. The van der Waals surface area contributed by atoms with Gasteiger partial charge in [0.2, 0.25) is 0 Å². The monoisotopic (exact) mass is 319 g/mol. The molecule has 0 atom stereocenters. The molecule has 0 aromatic carbocycles. The molecule has 1 heterocycles. The number of carbonyl (C=O) groups is 2. The van der Waals surface area contributed by atoms with Crippen molar-refractivity contribution in [2.24, 2.45) is 5.41 Å². The average Bonchev–Trinajstić information content (AvgIpc) is 2.56. The van der Waals surface area contributed by atoms with Crippen molar-refractivity contribution in [3.63, 3.8) is 0 Å². The molecule has 0 saturated heterocycles. The van der Waals surface area contributed by atoms with Gasteiger partial charge in [-0.05, 0) is 65.2 Å². The lowest BCUT2D eigenvalue weighted by atomic mass is 9.83. The molecule has 0 radical (unpaired) electrons. The van der Waals surface area contributed by atoms with E-state index in [2.05, 4.69) is 0 Å². The van der Waals surface area contributed by atoms with Crippen LogP contribution in [0.2, 0.25) is 0 Å². The first-order valence-corrected chi connectivity index (χ1v) is 9.45. The smallest absolute Gasteiger partial charge is 0.245 e. The Hall–Kier alpha value is -1.19. The number of hydrogen-bond acceptors (Lipinski definition) is 2. The van der Waals surface area contributed by atoms with E-state index in [-0.39, 0.29) is 23.9 Å². The Morgan fingerprint density at radius 2 is 1.43 bits per heavy atom. The van der Waals surface area contributed by atoms with E-state index in [4.69, 9.17) is 0 Å². The van der Waals surface area contributed by atoms with Crippen LogP contribution < -0.4 is 0 Å². The summed E-state index contributed by atoms with van der Waals surface area (Å²) >= 11 is 0. The Bertz CT molecular complexity index is 523. The van der Waals surface area contributed by atoms with Gasteiger partial charge < -0.3 is 0 Å². The highest BCUT2D eigenvalue weighted by molar-refractivity contribution is 6.12. The Morgan fingerprint density at radius 1 is 0.913 bits per heavy atom. The lowest BCUT2D eigenvalue weighted by Gasteiger charge is -2.39. The summed E-state index contributed by atoms with van der Waals surface area (Å²) in [4.78, 5) is 28.1. The minimum atomic E-state index is -0.922. The molecule has 1 aliphatic heterocycles. The first-order valence-electron chi connectivity index (χ1n) is 9.45.